The second-order valence-corrected chi connectivity index (χ2v) is 15.7. The zero-order valence-electron chi connectivity index (χ0n) is 31.8. The first-order chi connectivity index (χ1) is 27.6. The molecule has 0 aliphatic heterocycles. The van der Waals surface area contributed by atoms with E-state index in [0.717, 1.165) is 28.3 Å². The third-order valence-corrected chi connectivity index (χ3v) is 9.02. The first-order valence-corrected chi connectivity index (χ1v) is 18.8. The molecule has 0 saturated carbocycles. The maximum absolute atomic E-state index is 14.2. The summed E-state index contributed by atoms with van der Waals surface area (Å²) in [6.07, 6.45) is 10.0. The van der Waals surface area contributed by atoms with Crippen molar-refractivity contribution in [3.8, 4) is 22.5 Å². The van der Waals surface area contributed by atoms with E-state index >= 15 is 0 Å². The fourth-order valence-corrected chi connectivity index (χ4v) is 6.51. The van der Waals surface area contributed by atoms with Gasteiger partial charge in [0.25, 0.3) is 0 Å². The summed E-state index contributed by atoms with van der Waals surface area (Å²) in [6.45, 7) is 7.54. The van der Waals surface area contributed by atoms with Gasteiger partial charge in [0.1, 0.15) is 33.7 Å². The Bertz CT molecular complexity index is 2740. The smallest absolute Gasteiger partial charge is 0.134 e. The molecule has 16 heteroatoms. The molecule has 8 aromatic rings. The number of benzene rings is 2. The van der Waals surface area contributed by atoms with Crippen molar-refractivity contribution < 1.29 is 19.0 Å². The van der Waals surface area contributed by atoms with Gasteiger partial charge in [0.05, 0.1) is 59.4 Å². The van der Waals surface area contributed by atoms with E-state index in [1.165, 1.54) is 24.3 Å². The predicted octanol–water partition coefficient (Wildman–Crippen LogP) is 9.60. The normalized spacial score (nSPS) is 11.8. The number of halogens is 4. The lowest BCUT2D eigenvalue weighted by Gasteiger charge is -2.18. The predicted molar refractivity (Wildman–Crippen MR) is 223 cm³/mol. The van der Waals surface area contributed by atoms with Crippen LogP contribution in [0.4, 0.5) is 31.5 Å². The first-order valence-electron chi connectivity index (χ1n) is 18.0. The van der Waals surface area contributed by atoms with Crippen molar-refractivity contribution in [2.24, 2.45) is 0 Å². The van der Waals surface area contributed by atoms with Crippen LogP contribution in [0.3, 0.4) is 0 Å². The van der Waals surface area contributed by atoms with E-state index in [1.54, 1.807) is 111 Å². The van der Waals surface area contributed by atoms with Crippen molar-refractivity contribution >= 4 is 68.0 Å². The fourth-order valence-electron chi connectivity index (χ4n) is 6.16. The number of nitrogens with zero attached hydrogens (tertiary/aromatic N) is 8. The van der Waals surface area contributed by atoms with Crippen LogP contribution in [0.2, 0.25) is 10.0 Å². The molecule has 8 rings (SSSR count). The van der Waals surface area contributed by atoms with E-state index in [0.29, 0.717) is 62.2 Å². The molecule has 2 aromatic carbocycles. The number of nitrogens with one attached hydrogen (secondary N) is 2. The Morgan fingerprint density at radius 1 is 0.638 bits per heavy atom. The van der Waals surface area contributed by atoms with Crippen molar-refractivity contribution in [3.63, 3.8) is 0 Å². The Balaban J connectivity index is 0.000000177. The van der Waals surface area contributed by atoms with Crippen LogP contribution in [0.5, 0.6) is 0 Å². The highest BCUT2D eigenvalue weighted by Crippen LogP contribution is 2.31. The van der Waals surface area contributed by atoms with Crippen LogP contribution >= 0.6 is 23.2 Å². The minimum absolute atomic E-state index is 0.312. The molecular weight excluding hydrogens is 785 g/mol. The van der Waals surface area contributed by atoms with E-state index in [4.69, 9.17) is 23.2 Å². The molecule has 0 radical (unpaired) electrons. The van der Waals surface area contributed by atoms with Gasteiger partial charge in [0.2, 0.25) is 0 Å². The van der Waals surface area contributed by atoms with Gasteiger partial charge in [-0.1, -0.05) is 23.2 Å². The highest BCUT2D eigenvalue weighted by Gasteiger charge is 2.19. The lowest BCUT2D eigenvalue weighted by atomic mass is 10.1. The molecule has 0 bridgehead atoms. The Morgan fingerprint density at radius 2 is 1.16 bits per heavy atom. The summed E-state index contributed by atoms with van der Waals surface area (Å²) < 4.78 is 31.8. The molecule has 0 aliphatic rings. The number of rotatable bonds is 10. The van der Waals surface area contributed by atoms with Gasteiger partial charge in [-0.3, -0.25) is 29.3 Å². The molecule has 4 N–H and O–H groups in total. The summed E-state index contributed by atoms with van der Waals surface area (Å²) >= 11 is 12.0. The zero-order chi connectivity index (χ0) is 41.2. The summed E-state index contributed by atoms with van der Waals surface area (Å²) in [4.78, 5) is 17.2. The van der Waals surface area contributed by atoms with Crippen LogP contribution < -0.4 is 10.6 Å². The van der Waals surface area contributed by atoms with Crippen LogP contribution in [0, 0.1) is 11.6 Å². The van der Waals surface area contributed by atoms with Crippen LogP contribution in [0.1, 0.15) is 27.7 Å². The molecule has 0 aliphatic carbocycles. The molecular formula is C42H38Cl2F2N10O2. The second-order valence-electron chi connectivity index (χ2n) is 14.8. The van der Waals surface area contributed by atoms with Crippen molar-refractivity contribution in [1.29, 1.82) is 0 Å². The van der Waals surface area contributed by atoms with E-state index in [2.05, 4.69) is 40.8 Å². The van der Waals surface area contributed by atoms with E-state index in [-0.39, 0.29) is 0 Å². The molecule has 0 fully saturated rings. The Kier molecular flexibility index (Phi) is 11.4. The summed E-state index contributed by atoms with van der Waals surface area (Å²) in [5, 5.41) is 36.6. The average Bonchev–Trinajstić information content (AvgIpc) is 3.77. The quantitative estimate of drug-likeness (QED) is 0.105. The number of hydrogen-bond acceptors (Lipinski definition) is 10. The third-order valence-electron chi connectivity index (χ3n) is 8.55. The van der Waals surface area contributed by atoms with Gasteiger partial charge < -0.3 is 20.8 Å². The molecule has 0 amide bonds. The van der Waals surface area contributed by atoms with E-state index in [1.807, 2.05) is 12.1 Å². The maximum atomic E-state index is 14.2. The highest BCUT2D eigenvalue weighted by atomic mass is 35.5. The monoisotopic (exact) mass is 822 g/mol. The van der Waals surface area contributed by atoms with Crippen molar-refractivity contribution in [1.82, 2.24) is 39.5 Å². The largest absolute Gasteiger partial charge is 0.389 e. The highest BCUT2D eigenvalue weighted by molar-refractivity contribution is 6.31. The second kappa shape index (κ2) is 16.4. The Labute approximate surface area is 342 Å². The lowest BCUT2D eigenvalue weighted by Crippen LogP contribution is -2.26. The zero-order valence-corrected chi connectivity index (χ0v) is 33.3. The van der Waals surface area contributed by atoms with Crippen LogP contribution in [-0.4, -0.2) is 60.9 Å². The van der Waals surface area contributed by atoms with Crippen LogP contribution in [-0.2, 0) is 13.1 Å². The maximum Gasteiger partial charge on any atom is 0.134 e. The van der Waals surface area contributed by atoms with Gasteiger partial charge in [0, 0.05) is 57.3 Å². The van der Waals surface area contributed by atoms with Crippen LogP contribution in [0.15, 0.2) is 110 Å². The van der Waals surface area contributed by atoms with Crippen molar-refractivity contribution in [3.05, 3.63) is 132 Å². The molecule has 0 atom stereocenters. The molecule has 296 valence electrons. The topological polar surface area (TPSA) is 152 Å². The average molecular weight is 824 g/mol. The van der Waals surface area contributed by atoms with E-state index in [9.17, 15) is 19.0 Å². The number of aliphatic hydroxyl groups is 2. The SMILES string of the molecule is CC(C)(O)Cn1cc2nccc(Nc3ccnc(-c4cc(Cl)ccc4F)c3)c2n1.CC(C)(O)Cn1ncc2nccc(Nc3ccnc(-c4cc(Cl)ccc4F)c3)c21. The Morgan fingerprint density at radius 3 is 1.72 bits per heavy atom. The molecule has 6 aromatic heterocycles. The van der Waals surface area contributed by atoms with Gasteiger partial charge in [0.15, 0.2) is 0 Å². The lowest BCUT2D eigenvalue weighted by molar-refractivity contribution is 0.0577. The molecule has 0 saturated heterocycles. The van der Waals surface area contributed by atoms with Gasteiger partial charge >= 0.3 is 0 Å². The number of pyridine rings is 4. The fraction of sp³-hybridized carbons (Fsp3) is 0.190. The standard InChI is InChI=1S/2C21H19ClFN5O/c1-21(2,29)12-28-11-19-20(27-28)17(6-8-25-19)26-14-5-7-24-18(10-14)15-9-13(22)3-4-16(15)23;1-21(2,29)12-28-20-17(6-8-25-19(20)11-26-28)27-14-5-7-24-18(10-14)15-9-13(22)3-4-16(15)23/h3-11,29H,12H2,1-2H3,(H,24,26);3-11,29H,12H2,1-2H3,(H,24,25,27). The minimum atomic E-state index is -0.931. The minimum Gasteiger partial charge on any atom is -0.389 e. The number of hydrogen-bond donors (Lipinski definition) is 4. The van der Waals surface area contributed by atoms with Crippen molar-refractivity contribution in [2.45, 2.75) is 52.0 Å². The molecule has 6 heterocycles. The summed E-state index contributed by atoms with van der Waals surface area (Å²) in [5.41, 5.74) is 5.55. The third kappa shape index (κ3) is 9.72. The number of aromatic nitrogens is 8. The van der Waals surface area contributed by atoms with Gasteiger partial charge in [-0.05, 0) is 100 Å². The summed E-state index contributed by atoms with van der Waals surface area (Å²) in [6, 6.07) is 19.4. The van der Waals surface area contributed by atoms with E-state index < -0.39 is 22.8 Å². The summed E-state index contributed by atoms with van der Waals surface area (Å²) in [5.74, 6) is -0.788. The molecule has 12 nitrogen and oxygen atoms in total. The molecule has 0 spiro atoms. The van der Waals surface area contributed by atoms with Crippen molar-refractivity contribution in [2.75, 3.05) is 10.6 Å². The number of anilines is 4. The van der Waals surface area contributed by atoms with Gasteiger partial charge in [-0.25, -0.2) is 8.78 Å². The molecule has 0 unspecified atom stereocenters. The number of fused-ring (bicyclic) bond motifs is 2. The van der Waals surface area contributed by atoms with Gasteiger partial charge in [-0.15, -0.1) is 0 Å². The van der Waals surface area contributed by atoms with Crippen LogP contribution in [0.25, 0.3) is 44.6 Å². The summed E-state index contributed by atoms with van der Waals surface area (Å²) in [7, 11) is 0. The van der Waals surface area contributed by atoms with Gasteiger partial charge in [-0.2, -0.15) is 10.2 Å². The first kappa shape index (κ1) is 40.1. The Hall–Kier alpha value is -6.06. The molecule has 58 heavy (non-hydrogen) atoms.